The average Bonchev–Trinajstić information content (AvgIpc) is 2.31. The van der Waals surface area contributed by atoms with E-state index < -0.39 is 0 Å². The molecule has 2 atom stereocenters. The fourth-order valence-corrected chi connectivity index (χ4v) is 0.908. The van der Waals surface area contributed by atoms with Crippen molar-refractivity contribution in [1.29, 1.82) is 0 Å². The SMILES string of the molecule is CC(C)(C)N.NCC1OCCC1N. The van der Waals surface area contributed by atoms with Gasteiger partial charge < -0.3 is 21.9 Å². The van der Waals surface area contributed by atoms with Crippen LogP contribution in [0.2, 0.25) is 0 Å². The van der Waals surface area contributed by atoms with Crippen molar-refractivity contribution in [3.63, 3.8) is 0 Å². The van der Waals surface area contributed by atoms with Crippen LogP contribution in [0.5, 0.6) is 0 Å². The number of hydrogen-bond acceptors (Lipinski definition) is 4. The van der Waals surface area contributed by atoms with Crippen molar-refractivity contribution >= 4 is 0 Å². The van der Waals surface area contributed by atoms with Crippen LogP contribution in [0.4, 0.5) is 0 Å². The first-order chi connectivity index (χ1) is 5.84. The molecule has 6 N–H and O–H groups in total. The van der Waals surface area contributed by atoms with Gasteiger partial charge in [0, 0.05) is 24.7 Å². The fraction of sp³-hybridized carbons (Fsp3) is 1.00. The molecule has 0 amide bonds. The zero-order valence-electron chi connectivity index (χ0n) is 8.92. The summed E-state index contributed by atoms with van der Waals surface area (Å²) in [6.07, 6.45) is 1.08. The molecule has 4 nitrogen and oxygen atoms in total. The molecule has 1 rings (SSSR count). The highest BCUT2D eigenvalue weighted by atomic mass is 16.5. The molecular formula is C9H23N3O. The lowest BCUT2D eigenvalue weighted by atomic mass is 10.1. The minimum Gasteiger partial charge on any atom is -0.375 e. The zero-order valence-corrected chi connectivity index (χ0v) is 8.92. The third kappa shape index (κ3) is 8.18. The van der Waals surface area contributed by atoms with Gasteiger partial charge in [-0.2, -0.15) is 0 Å². The van der Waals surface area contributed by atoms with Gasteiger partial charge in [-0.15, -0.1) is 0 Å². The molecular weight excluding hydrogens is 166 g/mol. The number of hydrogen-bond donors (Lipinski definition) is 3. The Morgan fingerprint density at radius 1 is 1.38 bits per heavy atom. The largest absolute Gasteiger partial charge is 0.375 e. The van der Waals surface area contributed by atoms with Gasteiger partial charge in [-0.3, -0.25) is 0 Å². The number of rotatable bonds is 1. The molecule has 0 bridgehead atoms. The van der Waals surface area contributed by atoms with Crippen molar-refractivity contribution in [1.82, 2.24) is 0 Å². The molecule has 0 aromatic rings. The monoisotopic (exact) mass is 189 g/mol. The van der Waals surface area contributed by atoms with E-state index in [1.165, 1.54) is 0 Å². The maximum absolute atomic E-state index is 5.58. The second-order valence-electron chi connectivity index (χ2n) is 4.46. The standard InChI is InChI=1S/C5H12N2O.C4H11N/c6-3-5-4(7)1-2-8-5;1-4(2,3)5/h4-5H,1-3,6-7H2;5H2,1-3H3. The van der Waals surface area contributed by atoms with Crippen LogP contribution in [0.1, 0.15) is 27.2 Å². The van der Waals surface area contributed by atoms with Crippen molar-refractivity contribution in [2.75, 3.05) is 13.2 Å². The predicted molar refractivity (Wildman–Crippen MR) is 55.3 cm³/mol. The topological polar surface area (TPSA) is 87.3 Å². The van der Waals surface area contributed by atoms with E-state index in [4.69, 9.17) is 21.9 Å². The van der Waals surface area contributed by atoms with Gasteiger partial charge in [-0.25, -0.2) is 0 Å². The summed E-state index contributed by atoms with van der Waals surface area (Å²) in [4.78, 5) is 0. The highest BCUT2D eigenvalue weighted by Crippen LogP contribution is 2.08. The Balaban J connectivity index is 0.000000252. The van der Waals surface area contributed by atoms with E-state index in [0.29, 0.717) is 6.54 Å². The van der Waals surface area contributed by atoms with E-state index in [-0.39, 0.29) is 17.7 Å². The second-order valence-corrected chi connectivity index (χ2v) is 4.46. The van der Waals surface area contributed by atoms with Gasteiger partial charge in [0.05, 0.1) is 6.10 Å². The van der Waals surface area contributed by atoms with Gasteiger partial charge in [-0.1, -0.05) is 0 Å². The Morgan fingerprint density at radius 2 is 1.85 bits per heavy atom. The lowest BCUT2D eigenvalue weighted by Crippen LogP contribution is -2.35. The first kappa shape index (κ1) is 12.8. The molecule has 4 heteroatoms. The van der Waals surface area contributed by atoms with Gasteiger partial charge in [-0.05, 0) is 27.2 Å². The normalized spacial score (nSPS) is 28.2. The number of ether oxygens (including phenoxy) is 1. The first-order valence-corrected chi connectivity index (χ1v) is 4.70. The Kier molecular flexibility index (Phi) is 5.48. The smallest absolute Gasteiger partial charge is 0.0848 e. The van der Waals surface area contributed by atoms with Crippen LogP contribution in [0.25, 0.3) is 0 Å². The highest BCUT2D eigenvalue weighted by Gasteiger charge is 2.22. The molecule has 13 heavy (non-hydrogen) atoms. The van der Waals surface area contributed by atoms with E-state index in [9.17, 15) is 0 Å². The minimum absolute atomic E-state index is 0. The van der Waals surface area contributed by atoms with Crippen molar-refractivity contribution in [3.05, 3.63) is 0 Å². The van der Waals surface area contributed by atoms with Crippen molar-refractivity contribution < 1.29 is 4.74 Å². The molecule has 0 aliphatic carbocycles. The molecule has 1 fully saturated rings. The summed E-state index contributed by atoms with van der Waals surface area (Å²) >= 11 is 0. The summed E-state index contributed by atoms with van der Waals surface area (Å²) < 4.78 is 5.16. The van der Waals surface area contributed by atoms with E-state index in [1.54, 1.807) is 0 Å². The van der Waals surface area contributed by atoms with Crippen molar-refractivity contribution in [2.45, 2.75) is 44.9 Å². The van der Waals surface area contributed by atoms with Gasteiger partial charge in [0.2, 0.25) is 0 Å². The number of nitrogens with two attached hydrogens (primary N) is 3. The Hall–Kier alpha value is -0.160. The summed E-state index contributed by atoms with van der Waals surface area (Å²) in [5.41, 5.74) is 16.3. The van der Waals surface area contributed by atoms with Crippen LogP contribution < -0.4 is 17.2 Å². The predicted octanol–water partition coefficient (Wildman–Crippen LogP) is -0.195. The fourth-order valence-electron chi connectivity index (χ4n) is 0.908. The Labute approximate surface area is 80.8 Å². The van der Waals surface area contributed by atoms with Crippen LogP contribution in [-0.2, 0) is 4.74 Å². The summed E-state index contributed by atoms with van der Waals surface area (Å²) in [5, 5.41) is 0. The molecule has 1 aliphatic rings. The van der Waals surface area contributed by atoms with E-state index in [0.717, 1.165) is 13.0 Å². The second kappa shape index (κ2) is 5.54. The van der Waals surface area contributed by atoms with Crippen LogP contribution >= 0.6 is 0 Å². The zero-order chi connectivity index (χ0) is 10.5. The molecule has 1 saturated heterocycles. The van der Waals surface area contributed by atoms with Crippen molar-refractivity contribution in [3.8, 4) is 0 Å². The molecule has 80 valence electrons. The third-order valence-electron chi connectivity index (χ3n) is 1.49. The van der Waals surface area contributed by atoms with E-state index in [2.05, 4.69) is 0 Å². The summed E-state index contributed by atoms with van der Waals surface area (Å²) in [5.74, 6) is 0. The molecule has 0 aromatic carbocycles. The lowest BCUT2D eigenvalue weighted by Gasteiger charge is -2.09. The Bertz CT molecular complexity index is 127. The van der Waals surface area contributed by atoms with Crippen molar-refractivity contribution in [2.24, 2.45) is 17.2 Å². The van der Waals surface area contributed by atoms with Gasteiger partial charge in [0.15, 0.2) is 0 Å². The van der Waals surface area contributed by atoms with Crippen LogP contribution in [0.3, 0.4) is 0 Å². The summed E-state index contributed by atoms with van der Waals surface area (Å²) in [7, 11) is 0. The maximum atomic E-state index is 5.58. The molecule has 1 heterocycles. The first-order valence-electron chi connectivity index (χ1n) is 4.70. The molecule has 0 aromatic heterocycles. The summed E-state index contributed by atoms with van der Waals surface area (Å²) in [6.45, 7) is 7.23. The average molecular weight is 189 g/mol. The molecule has 0 radical (unpaired) electrons. The quantitative estimate of drug-likeness (QED) is 0.533. The van der Waals surface area contributed by atoms with E-state index >= 15 is 0 Å². The van der Waals surface area contributed by atoms with Crippen LogP contribution in [0, 0.1) is 0 Å². The molecule has 0 spiro atoms. The highest BCUT2D eigenvalue weighted by molar-refractivity contribution is 4.79. The summed E-state index contributed by atoms with van der Waals surface area (Å²) in [6, 6.07) is 0.181. The maximum Gasteiger partial charge on any atom is 0.0848 e. The van der Waals surface area contributed by atoms with Gasteiger partial charge in [0.25, 0.3) is 0 Å². The third-order valence-corrected chi connectivity index (χ3v) is 1.49. The molecule has 2 unspecified atom stereocenters. The molecule has 0 saturated carbocycles. The van der Waals surface area contributed by atoms with Crippen LogP contribution in [0.15, 0.2) is 0 Å². The van der Waals surface area contributed by atoms with Gasteiger partial charge in [0.1, 0.15) is 0 Å². The van der Waals surface area contributed by atoms with E-state index in [1.807, 2.05) is 20.8 Å². The Morgan fingerprint density at radius 3 is 2.00 bits per heavy atom. The minimum atomic E-state index is 0. The lowest BCUT2D eigenvalue weighted by molar-refractivity contribution is 0.111. The molecule has 1 aliphatic heterocycles. The van der Waals surface area contributed by atoms with Gasteiger partial charge >= 0.3 is 0 Å². The van der Waals surface area contributed by atoms with Crippen LogP contribution in [-0.4, -0.2) is 30.8 Å².